The molecule has 0 saturated carbocycles. The molecule has 0 unspecified atom stereocenters. The molecule has 0 spiro atoms. The molecule has 0 fully saturated rings. The van der Waals surface area contributed by atoms with Gasteiger partial charge in [0.15, 0.2) is 11.4 Å². The van der Waals surface area contributed by atoms with E-state index in [9.17, 15) is 36.2 Å². The van der Waals surface area contributed by atoms with Gasteiger partial charge >= 0.3 is 12.4 Å². The van der Waals surface area contributed by atoms with E-state index in [0.717, 1.165) is 12.1 Å². The summed E-state index contributed by atoms with van der Waals surface area (Å²) in [6.07, 6.45) is -9.13. The van der Waals surface area contributed by atoms with Gasteiger partial charge in [0, 0.05) is 17.4 Å². The zero-order valence-corrected chi connectivity index (χ0v) is 20.4. The number of aromatic hydroxyl groups is 1. The molecule has 1 heterocycles. The van der Waals surface area contributed by atoms with Crippen LogP contribution in [0.25, 0.3) is 5.69 Å². The van der Waals surface area contributed by atoms with Crippen LogP contribution in [-0.2, 0) is 12.4 Å². The summed E-state index contributed by atoms with van der Waals surface area (Å²) in [6, 6.07) is 13.9. The van der Waals surface area contributed by atoms with Crippen LogP contribution in [0.1, 0.15) is 46.9 Å². The van der Waals surface area contributed by atoms with Crippen molar-refractivity contribution >= 4 is 11.6 Å². The smallest absolute Gasteiger partial charge is 0.420 e. The highest BCUT2D eigenvalue weighted by Crippen LogP contribution is 2.48. The Hall–Kier alpha value is -4.48. The number of phenolic OH excluding ortho intramolecular Hbond substituents is 1. The number of para-hydroxylation sites is 1. The van der Waals surface area contributed by atoms with Crippen molar-refractivity contribution in [1.82, 2.24) is 9.78 Å². The molecule has 0 bridgehead atoms. The van der Waals surface area contributed by atoms with Crippen LogP contribution in [-0.4, -0.2) is 20.8 Å². The average molecular weight is 549 g/mol. The van der Waals surface area contributed by atoms with Crippen molar-refractivity contribution in [2.75, 3.05) is 5.32 Å². The molecule has 2 N–H and O–H groups in total. The summed E-state index contributed by atoms with van der Waals surface area (Å²) < 4.78 is 90.5. The van der Waals surface area contributed by atoms with Crippen LogP contribution in [0, 0.1) is 0 Å². The highest BCUT2D eigenvalue weighted by atomic mass is 19.4. The molecule has 6 nitrogen and oxygen atoms in total. The Labute approximate surface area is 218 Å². The summed E-state index contributed by atoms with van der Waals surface area (Å²) in [5, 5.41) is 16.1. The number of hydrogen-bond acceptors (Lipinski definition) is 4. The van der Waals surface area contributed by atoms with Gasteiger partial charge in [-0.3, -0.25) is 4.79 Å². The summed E-state index contributed by atoms with van der Waals surface area (Å²) in [5.41, 5.74) is -3.62. The van der Waals surface area contributed by atoms with Crippen LogP contribution < -0.4 is 10.1 Å². The van der Waals surface area contributed by atoms with Crippen molar-refractivity contribution in [3.05, 3.63) is 95.3 Å². The SMILES string of the molecule is CC(C)c1cc(Oc2c(C(F)(F)F)cc(NC(=O)c3ccn(-c4ccccc4)n3)cc2C(F)(F)F)ccc1O. The summed E-state index contributed by atoms with van der Waals surface area (Å²) in [5.74, 6) is -3.31. The van der Waals surface area contributed by atoms with Gasteiger partial charge in [-0.2, -0.15) is 31.4 Å². The van der Waals surface area contributed by atoms with E-state index < -0.39 is 40.8 Å². The third-order valence-corrected chi connectivity index (χ3v) is 5.64. The van der Waals surface area contributed by atoms with Crippen molar-refractivity contribution < 1.29 is 41.0 Å². The second-order valence-corrected chi connectivity index (χ2v) is 8.81. The molecule has 0 aliphatic carbocycles. The third-order valence-electron chi connectivity index (χ3n) is 5.64. The number of amides is 1. The lowest BCUT2D eigenvalue weighted by atomic mass is 10.0. The highest BCUT2D eigenvalue weighted by Gasteiger charge is 2.43. The number of carbonyl (C=O) groups excluding carboxylic acids is 1. The Kier molecular flexibility index (Phi) is 7.31. The Morgan fingerprint density at radius 1 is 0.923 bits per heavy atom. The molecule has 0 aliphatic rings. The fourth-order valence-electron chi connectivity index (χ4n) is 3.77. The predicted octanol–water partition coefficient (Wildman–Crippen LogP) is 7.78. The molecule has 0 aliphatic heterocycles. The number of carbonyl (C=O) groups is 1. The lowest BCUT2D eigenvalue weighted by molar-refractivity contribution is -0.144. The highest BCUT2D eigenvalue weighted by molar-refractivity contribution is 6.03. The third kappa shape index (κ3) is 6.16. The van der Waals surface area contributed by atoms with Crippen LogP contribution >= 0.6 is 0 Å². The van der Waals surface area contributed by atoms with Crippen LogP contribution in [0.2, 0.25) is 0 Å². The lowest BCUT2D eigenvalue weighted by Gasteiger charge is -2.21. The van der Waals surface area contributed by atoms with Crippen molar-refractivity contribution in [3.63, 3.8) is 0 Å². The average Bonchev–Trinajstić information content (AvgIpc) is 3.35. The van der Waals surface area contributed by atoms with E-state index in [1.54, 1.807) is 44.2 Å². The molecule has 1 amide bonds. The van der Waals surface area contributed by atoms with Crippen molar-refractivity contribution in [2.45, 2.75) is 32.1 Å². The molecule has 12 heteroatoms. The number of aromatic nitrogens is 2. The summed E-state index contributed by atoms with van der Waals surface area (Å²) in [4.78, 5) is 12.7. The first-order chi connectivity index (χ1) is 18.2. The van der Waals surface area contributed by atoms with Gasteiger partial charge < -0.3 is 15.2 Å². The van der Waals surface area contributed by atoms with E-state index in [4.69, 9.17) is 4.74 Å². The van der Waals surface area contributed by atoms with Crippen LogP contribution in [0.4, 0.5) is 32.0 Å². The molecule has 0 radical (unpaired) electrons. The maximum Gasteiger partial charge on any atom is 0.420 e. The maximum absolute atomic E-state index is 14.0. The van der Waals surface area contributed by atoms with Gasteiger partial charge in [0.05, 0.1) is 5.69 Å². The number of anilines is 1. The maximum atomic E-state index is 14.0. The Morgan fingerprint density at radius 2 is 1.54 bits per heavy atom. The van der Waals surface area contributed by atoms with Crippen molar-refractivity contribution in [1.29, 1.82) is 0 Å². The Balaban J connectivity index is 1.74. The predicted molar refractivity (Wildman–Crippen MR) is 130 cm³/mol. The van der Waals surface area contributed by atoms with Gasteiger partial charge in [-0.25, -0.2) is 4.68 Å². The van der Waals surface area contributed by atoms with E-state index in [0.29, 0.717) is 17.8 Å². The molecule has 39 heavy (non-hydrogen) atoms. The molecule has 0 saturated heterocycles. The summed E-state index contributed by atoms with van der Waals surface area (Å²) in [7, 11) is 0. The first-order valence-electron chi connectivity index (χ1n) is 11.5. The van der Waals surface area contributed by atoms with E-state index in [-0.39, 0.29) is 28.7 Å². The van der Waals surface area contributed by atoms with E-state index in [2.05, 4.69) is 10.4 Å². The largest absolute Gasteiger partial charge is 0.508 e. The van der Waals surface area contributed by atoms with Crippen LogP contribution in [0.5, 0.6) is 17.2 Å². The molecule has 0 atom stereocenters. The first-order valence-corrected chi connectivity index (χ1v) is 11.5. The number of phenols is 1. The number of ether oxygens (including phenoxy) is 1. The van der Waals surface area contributed by atoms with E-state index in [1.165, 1.54) is 23.0 Å². The minimum atomic E-state index is -5.28. The van der Waals surface area contributed by atoms with Crippen molar-refractivity contribution in [3.8, 4) is 22.9 Å². The normalized spacial score (nSPS) is 12.0. The van der Waals surface area contributed by atoms with Gasteiger partial charge in [-0.15, -0.1) is 0 Å². The molecule has 4 rings (SSSR count). The zero-order chi connectivity index (χ0) is 28.5. The molecule has 4 aromatic rings. The van der Waals surface area contributed by atoms with Gasteiger partial charge in [-0.1, -0.05) is 32.0 Å². The van der Waals surface area contributed by atoms with Gasteiger partial charge in [0.25, 0.3) is 5.91 Å². The van der Waals surface area contributed by atoms with Crippen LogP contribution in [0.3, 0.4) is 0 Å². The van der Waals surface area contributed by atoms with E-state index >= 15 is 0 Å². The van der Waals surface area contributed by atoms with E-state index in [1.807, 2.05) is 0 Å². The topological polar surface area (TPSA) is 76.4 Å². The minimum absolute atomic E-state index is 0.183. The second kappa shape index (κ2) is 10.4. The number of nitrogens with one attached hydrogen (secondary N) is 1. The second-order valence-electron chi connectivity index (χ2n) is 8.81. The number of rotatable bonds is 6. The minimum Gasteiger partial charge on any atom is -0.508 e. The fraction of sp³-hybridized carbons (Fsp3) is 0.185. The monoisotopic (exact) mass is 549 g/mol. The molecular weight excluding hydrogens is 528 g/mol. The number of benzene rings is 3. The fourth-order valence-corrected chi connectivity index (χ4v) is 3.77. The first kappa shape index (κ1) is 27.6. The molecule has 3 aromatic carbocycles. The molecular formula is C27H21F6N3O3. The number of alkyl halides is 6. The summed E-state index contributed by atoms with van der Waals surface area (Å²) in [6.45, 7) is 3.36. The molecule has 204 valence electrons. The summed E-state index contributed by atoms with van der Waals surface area (Å²) >= 11 is 0. The van der Waals surface area contributed by atoms with Gasteiger partial charge in [-0.05, 0) is 54.4 Å². The quantitative estimate of drug-likeness (QED) is 0.241. The standard InChI is InChI=1S/C27H21F6N3O3/c1-15(2)19-14-18(8-9-23(19)37)39-24-20(26(28,29)30)12-16(13-21(24)27(31,32)33)34-25(38)22-10-11-36(35-22)17-6-4-3-5-7-17/h3-15,37H,1-2H3,(H,34,38). The van der Waals surface area contributed by atoms with Crippen LogP contribution in [0.15, 0.2) is 72.9 Å². The van der Waals surface area contributed by atoms with Gasteiger partial charge in [0.2, 0.25) is 0 Å². The number of nitrogens with zero attached hydrogens (tertiary/aromatic N) is 2. The van der Waals surface area contributed by atoms with Gasteiger partial charge in [0.1, 0.15) is 22.6 Å². The molecule has 1 aromatic heterocycles. The lowest BCUT2D eigenvalue weighted by Crippen LogP contribution is -2.18. The van der Waals surface area contributed by atoms with Crippen molar-refractivity contribution in [2.24, 2.45) is 0 Å². The Bertz CT molecular complexity index is 1460. The Morgan fingerprint density at radius 3 is 2.10 bits per heavy atom. The number of halogens is 6. The number of hydrogen-bond donors (Lipinski definition) is 2. The zero-order valence-electron chi connectivity index (χ0n) is 20.4.